The molecular weight excluding hydrogens is 532 g/mol. The van der Waals surface area contributed by atoms with E-state index >= 15 is 0 Å². The Balaban J connectivity index is 2.01. The molecule has 1 aromatic rings. The number of phosphoric ester groups is 2. The van der Waals surface area contributed by atoms with Crippen LogP contribution in [0.3, 0.4) is 0 Å². The fourth-order valence-electron chi connectivity index (χ4n) is 2.30. The maximum atomic E-state index is 12.0. The summed E-state index contributed by atoms with van der Waals surface area (Å²) in [6, 6.07) is 0.912. The van der Waals surface area contributed by atoms with Crippen LogP contribution < -0.4 is 10.2 Å². The van der Waals surface area contributed by atoms with Crippen molar-refractivity contribution < 1.29 is 75.1 Å². The Kier molecular flexibility index (Phi) is 8.39. The van der Waals surface area contributed by atoms with Crippen LogP contribution >= 0.6 is 31.3 Å². The van der Waals surface area contributed by atoms with Crippen LogP contribution in [-0.2, 0) is 36.1 Å². The molecule has 0 aliphatic carbocycles. The minimum atomic E-state index is -5.72. The van der Waals surface area contributed by atoms with E-state index in [1.54, 1.807) is 0 Å². The number of aliphatic hydroxyl groups excluding tert-OH is 1. The van der Waals surface area contributed by atoms with Gasteiger partial charge in [0.2, 0.25) is 5.88 Å². The third-order valence-electron chi connectivity index (χ3n) is 3.35. The third kappa shape index (κ3) is 8.83. The molecule has 32 heavy (non-hydrogen) atoms. The van der Waals surface area contributed by atoms with Crippen molar-refractivity contribution >= 4 is 31.3 Å². The van der Waals surface area contributed by atoms with Crippen molar-refractivity contribution in [2.75, 3.05) is 6.61 Å². The Morgan fingerprint density at radius 2 is 1.66 bits per heavy atom. The largest absolute Gasteiger partial charge is 0.526 e. The van der Waals surface area contributed by atoms with Crippen molar-refractivity contribution in [1.29, 1.82) is 0 Å². The summed E-state index contributed by atoms with van der Waals surface area (Å²) < 4.78 is 65.9. The highest BCUT2D eigenvalue weighted by Gasteiger charge is 2.43. The van der Waals surface area contributed by atoms with Gasteiger partial charge in [0.15, 0.2) is 0 Å². The number of aliphatic hydroxyl groups is 1. The van der Waals surface area contributed by atoms with Crippen molar-refractivity contribution in [3.8, 4) is 5.88 Å². The molecule has 184 valence electrons. The summed E-state index contributed by atoms with van der Waals surface area (Å²) in [5.41, 5.74) is -1.10. The number of phosphoric acid groups is 4. The molecule has 0 bridgehead atoms. The standard InChI is InChI=1S/C9H16N2O17P4/c12-5-3-8(11-2-1-7(10-9(11)13)26-29(14,15)16)25-6(5)4-24-31(20,21)28-32(22,23)27-30(17,18)19/h1-2,5-6,8,12H,3-4H2,(H,20,21)(H,22,23)(H2,14,15,16)(H2,17,18,19)/t5-,6+,8+/m0/s1. The van der Waals surface area contributed by atoms with Gasteiger partial charge in [-0.1, -0.05) is 0 Å². The number of hydrogen-bond acceptors (Lipinski definition) is 12. The Bertz CT molecular complexity index is 1080. The van der Waals surface area contributed by atoms with Crippen molar-refractivity contribution in [3.05, 3.63) is 22.7 Å². The topological polar surface area (TPSA) is 291 Å². The average Bonchev–Trinajstić information content (AvgIpc) is 2.88. The quantitative estimate of drug-likeness (QED) is 0.167. The average molecular weight is 548 g/mol. The smallest absolute Gasteiger partial charge is 0.390 e. The fraction of sp³-hybridized carbons (Fsp3) is 0.556. The lowest BCUT2D eigenvalue weighted by Gasteiger charge is -2.19. The number of ether oxygens (including phenoxy) is 1. The first-order chi connectivity index (χ1) is 14.4. The molecule has 2 unspecified atom stereocenters. The molecule has 0 spiro atoms. The van der Waals surface area contributed by atoms with Gasteiger partial charge in [-0.15, -0.1) is 0 Å². The molecule has 0 saturated carbocycles. The molecule has 1 fully saturated rings. The molecule has 5 atom stereocenters. The number of hydrogen-bond donors (Lipinski definition) is 7. The summed E-state index contributed by atoms with van der Waals surface area (Å²) in [6.07, 6.45) is -3.34. The molecule has 19 nitrogen and oxygen atoms in total. The zero-order valence-electron chi connectivity index (χ0n) is 15.2. The van der Waals surface area contributed by atoms with E-state index in [1.165, 1.54) is 0 Å². The van der Waals surface area contributed by atoms with E-state index in [0.29, 0.717) is 0 Å². The van der Waals surface area contributed by atoms with Gasteiger partial charge in [-0.2, -0.15) is 13.6 Å². The highest BCUT2D eigenvalue weighted by Crippen LogP contribution is 2.66. The molecule has 1 aliphatic heterocycles. The van der Waals surface area contributed by atoms with Gasteiger partial charge in [-0.25, -0.2) is 23.1 Å². The van der Waals surface area contributed by atoms with Crippen LogP contribution in [0.2, 0.25) is 0 Å². The lowest BCUT2D eigenvalue weighted by atomic mass is 10.2. The van der Waals surface area contributed by atoms with Gasteiger partial charge in [0.25, 0.3) is 0 Å². The van der Waals surface area contributed by atoms with Gasteiger partial charge in [-0.05, 0) is 0 Å². The second-order valence-electron chi connectivity index (χ2n) is 5.86. The van der Waals surface area contributed by atoms with E-state index in [-0.39, 0.29) is 6.42 Å². The van der Waals surface area contributed by atoms with Crippen LogP contribution in [0.1, 0.15) is 12.6 Å². The second-order valence-corrected chi connectivity index (χ2v) is 11.4. The number of nitrogens with zero attached hydrogens (tertiary/aromatic N) is 2. The van der Waals surface area contributed by atoms with Crippen LogP contribution in [0.15, 0.2) is 17.1 Å². The fourth-order valence-corrected chi connectivity index (χ4v) is 5.67. The number of aromatic nitrogens is 2. The Hall–Kier alpha value is -0.840. The zero-order valence-corrected chi connectivity index (χ0v) is 18.8. The molecule has 1 saturated heterocycles. The van der Waals surface area contributed by atoms with Gasteiger partial charge in [0.05, 0.1) is 12.7 Å². The molecule has 2 heterocycles. The van der Waals surface area contributed by atoms with Gasteiger partial charge < -0.3 is 33.9 Å². The van der Waals surface area contributed by atoms with Crippen molar-refractivity contribution in [3.63, 3.8) is 0 Å². The van der Waals surface area contributed by atoms with Crippen LogP contribution in [0.25, 0.3) is 0 Å². The molecule has 7 N–H and O–H groups in total. The Morgan fingerprint density at radius 3 is 2.19 bits per heavy atom. The highest BCUT2D eigenvalue weighted by atomic mass is 31.3. The number of rotatable bonds is 10. The summed E-state index contributed by atoms with van der Waals surface area (Å²) in [5.74, 6) is -0.692. The molecule has 1 aromatic heterocycles. The van der Waals surface area contributed by atoms with E-state index in [4.69, 9.17) is 29.2 Å². The van der Waals surface area contributed by atoms with E-state index in [1.807, 2.05) is 0 Å². The summed E-state index contributed by atoms with van der Waals surface area (Å²) >= 11 is 0. The van der Waals surface area contributed by atoms with Gasteiger partial charge in [0.1, 0.15) is 12.3 Å². The minimum Gasteiger partial charge on any atom is -0.390 e. The maximum Gasteiger partial charge on any atom is 0.526 e. The van der Waals surface area contributed by atoms with Crippen LogP contribution in [0, 0.1) is 0 Å². The minimum absolute atomic E-state index is 0.287. The molecule has 0 aromatic carbocycles. The van der Waals surface area contributed by atoms with Crippen LogP contribution in [-0.4, -0.2) is 62.8 Å². The summed E-state index contributed by atoms with van der Waals surface area (Å²) in [5, 5.41) is 9.99. The van der Waals surface area contributed by atoms with E-state index < -0.39 is 67.9 Å². The van der Waals surface area contributed by atoms with E-state index in [9.17, 15) is 33.1 Å². The predicted octanol–water partition coefficient (Wildman–Crippen LogP) is -1.29. The summed E-state index contributed by atoms with van der Waals surface area (Å²) in [7, 11) is -21.7. The maximum absolute atomic E-state index is 12.0. The normalized spacial score (nSPS) is 25.8. The Morgan fingerprint density at radius 1 is 1.03 bits per heavy atom. The first-order valence-corrected chi connectivity index (χ1v) is 13.9. The van der Waals surface area contributed by atoms with Gasteiger partial charge >= 0.3 is 37.0 Å². The van der Waals surface area contributed by atoms with E-state index in [2.05, 4.69) is 22.7 Å². The third-order valence-corrected chi connectivity index (χ3v) is 7.58. The predicted molar refractivity (Wildman–Crippen MR) is 95.5 cm³/mol. The van der Waals surface area contributed by atoms with Crippen molar-refractivity contribution in [1.82, 2.24) is 9.55 Å². The lowest BCUT2D eigenvalue weighted by Crippen LogP contribution is -2.28. The van der Waals surface area contributed by atoms with Crippen LogP contribution in [0.4, 0.5) is 0 Å². The zero-order chi connectivity index (χ0) is 24.5. The molecule has 23 heteroatoms. The SMILES string of the molecule is O=c1nc(OP(=O)(O)O)ccn1[C@H]1C[C@H](O)[C@@H](COP(=O)(O)OP(=O)(O)OP(=O)(O)O)O1. The first-order valence-electron chi connectivity index (χ1n) is 7.82. The monoisotopic (exact) mass is 548 g/mol. The molecular formula is C9H16N2O17P4. The van der Waals surface area contributed by atoms with Crippen molar-refractivity contribution in [2.24, 2.45) is 0 Å². The highest BCUT2D eigenvalue weighted by molar-refractivity contribution is 7.66. The first kappa shape index (κ1) is 27.4. The van der Waals surface area contributed by atoms with Gasteiger partial charge in [-0.3, -0.25) is 18.9 Å². The van der Waals surface area contributed by atoms with Crippen LogP contribution in [0.5, 0.6) is 5.88 Å². The molecule has 0 radical (unpaired) electrons. The van der Waals surface area contributed by atoms with Crippen molar-refractivity contribution in [2.45, 2.75) is 24.9 Å². The van der Waals surface area contributed by atoms with E-state index in [0.717, 1.165) is 16.8 Å². The summed E-state index contributed by atoms with van der Waals surface area (Å²) in [4.78, 5) is 68.0. The molecule has 1 aliphatic rings. The molecule has 0 amide bonds. The Labute approximate surface area is 176 Å². The van der Waals surface area contributed by atoms with Gasteiger partial charge in [0, 0.05) is 18.7 Å². The lowest BCUT2D eigenvalue weighted by molar-refractivity contribution is -0.0450. The summed E-state index contributed by atoms with van der Waals surface area (Å²) in [6.45, 7) is -0.955. The molecule has 2 rings (SSSR count). The second kappa shape index (κ2) is 9.80.